The van der Waals surface area contributed by atoms with E-state index in [4.69, 9.17) is 5.73 Å². The maximum atomic E-state index is 6.04. The van der Waals surface area contributed by atoms with E-state index < -0.39 is 0 Å². The standard InChI is InChI=1S/C11H22N2/c1-13-7-10(6-11(12)8-13)9-4-2-3-5-9/h9-11H,2-8,12H2,1H3. The van der Waals surface area contributed by atoms with E-state index in [-0.39, 0.29) is 0 Å². The quantitative estimate of drug-likeness (QED) is 0.665. The number of piperidine rings is 1. The predicted octanol–water partition coefficient (Wildman–Crippen LogP) is 1.46. The SMILES string of the molecule is CN1CC(N)CC(C2CCCC2)C1. The van der Waals surface area contributed by atoms with Gasteiger partial charge in [-0.15, -0.1) is 0 Å². The molecule has 2 nitrogen and oxygen atoms in total. The lowest BCUT2D eigenvalue weighted by molar-refractivity contribution is 0.144. The summed E-state index contributed by atoms with van der Waals surface area (Å²) < 4.78 is 0. The highest BCUT2D eigenvalue weighted by Gasteiger charge is 2.30. The van der Waals surface area contributed by atoms with Crippen molar-refractivity contribution in [3.8, 4) is 0 Å². The molecule has 0 aromatic heterocycles. The van der Waals surface area contributed by atoms with Crippen LogP contribution in [0.3, 0.4) is 0 Å². The Bertz CT molecular complexity index is 153. The molecule has 0 bridgehead atoms. The number of nitrogens with zero attached hydrogens (tertiary/aromatic N) is 1. The van der Waals surface area contributed by atoms with Gasteiger partial charge in [0.1, 0.15) is 0 Å². The lowest BCUT2D eigenvalue weighted by Crippen LogP contribution is -2.46. The fourth-order valence-corrected chi connectivity index (χ4v) is 3.18. The van der Waals surface area contributed by atoms with E-state index in [1.165, 1.54) is 38.6 Å². The molecule has 0 amide bonds. The molecule has 2 heteroatoms. The van der Waals surface area contributed by atoms with Crippen LogP contribution in [0.1, 0.15) is 32.1 Å². The van der Waals surface area contributed by atoms with Gasteiger partial charge >= 0.3 is 0 Å². The van der Waals surface area contributed by atoms with Gasteiger partial charge < -0.3 is 10.6 Å². The Morgan fingerprint density at radius 1 is 1.08 bits per heavy atom. The molecule has 2 aliphatic rings. The smallest absolute Gasteiger partial charge is 0.0170 e. The third kappa shape index (κ3) is 2.23. The lowest BCUT2D eigenvalue weighted by Gasteiger charge is -2.36. The first-order chi connectivity index (χ1) is 6.25. The van der Waals surface area contributed by atoms with E-state index >= 15 is 0 Å². The Labute approximate surface area is 81.5 Å². The largest absolute Gasteiger partial charge is 0.327 e. The number of hydrogen-bond acceptors (Lipinski definition) is 2. The molecule has 1 aliphatic carbocycles. The molecule has 0 aromatic carbocycles. The Morgan fingerprint density at radius 3 is 2.38 bits per heavy atom. The van der Waals surface area contributed by atoms with Gasteiger partial charge in [-0.05, 0) is 25.3 Å². The molecule has 1 saturated heterocycles. The molecule has 2 unspecified atom stereocenters. The molecule has 1 saturated carbocycles. The first-order valence-electron chi connectivity index (χ1n) is 5.70. The first-order valence-corrected chi connectivity index (χ1v) is 5.70. The third-order valence-corrected chi connectivity index (χ3v) is 3.76. The van der Waals surface area contributed by atoms with Crippen molar-refractivity contribution in [3.05, 3.63) is 0 Å². The summed E-state index contributed by atoms with van der Waals surface area (Å²) in [7, 11) is 2.21. The van der Waals surface area contributed by atoms with Crippen LogP contribution in [0.2, 0.25) is 0 Å². The fraction of sp³-hybridized carbons (Fsp3) is 1.00. The van der Waals surface area contributed by atoms with E-state index in [1.54, 1.807) is 0 Å². The van der Waals surface area contributed by atoms with Crippen molar-refractivity contribution in [2.45, 2.75) is 38.1 Å². The Balaban J connectivity index is 1.90. The molecule has 1 heterocycles. The Kier molecular flexibility index (Phi) is 2.89. The first kappa shape index (κ1) is 9.47. The topological polar surface area (TPSA) is 29.3 Å². The maximum absolute atomic E-state index is 6.04. The molecule has 0 aromatic rings. The summed E-state index contributed by atoms with van der Waals surface area (Å²) in [6.45, 7) is 2.39. The van der Waals surface area contributed by atoms with Gasteiger partial charge in [-0.2, -0.15) is 0 Å². The molecule has 0 radical (unpaired) electrons. The average Bonchev–Trinajstić information content (AvgIpc) is 2.53. The van der Waals surface area contributed by atoms with Crippen LogP contribution in [0.15, 0.2) is 0 Å². The van der Waals surface area contributed by atoms with Gasteiger partial charge in [-0.3, -0.25) is 0 Å². The average molecular weight is 182 g/mol. The number of likely N-dealkylation sites (N-methyl/N-ethyl adjacent to an activating group) is 1. The molecule has 2 fully saturated rings. The zero-order chi connectivity index (χ0) is 9.26. The third-order valence-electron chi connectivity index (χ3n) is 3.76. The Hall–Kier alpha value is -0.0800. The fourth-order valence-electron chi connectivity index (χ4n) is 3.18. The molecule has 13 heavy (non-hydrogen) atoms. The second-order valence-corrected chi connectivity index (χ2v) is 5.02. The van der Waals surface area contributed by atoms with E-state index in [9.17, 15) is 0 Å². The maximum Gasteiger partial charge on any atom is 0.0170 e. The summed E-state index contributed by atoms with van der Waals surface area (Å²) in [5.74, 6) is 1.89. The summed E-state index contributed by atoms with van der Waals surface area (Å²) in [5, 5.41) is 0. The van der Waals surface area contributed by atoms with Crippen molar-refractivity contribution >= 4 is 0 Å². The zero-order valence-electron chi connectivity index (χ0n) is 8.71. The normalized spacial score (nSPS) is 38.3. The van der Waals surface area contributed by atoms with E-state index in [0.717, 1.165) is 18.4 Å². The summed E-state index contributed by atoms with van der Waals surface area (Å²) in [4.78, 5) is 2.41. The van der Waals surface area contributed by atoms with Crippen LogP contribution >= 0.6 is 0 Å². The van der Waals surface area contributed by atoms with Gasteiger partial charge in [-0.1, -0.05) is 25.7 Å². The highest BCUT2D eigenvalue weighted by Crippen LogP contribution is 2.35. The minimum atomic E-state index is 0.435. The van der Waals surface area contributed by atoms with Gasteiger partial charge in [0.15, 0.2) is 0 Å². The molecule has 76 valence electrons. The summed E-state index contributed by atoms with van der Waals surface area (Å²) in [6, 6.07) is 0.435. The minimum Gasteiger partial charge on any atom is -0.327 e. The van der Waals surface area contributed by atoms with Crippen LogP contribution in [0.5, 0.6) is 0 Å². The van der Waals surface area contributed by atoms with Gasteiger partial charge in [0.2, 0.25) is 0 Å². The van der Waals surface area contributed by atoms with Crippen LogP contribution in [0.25, 0.3) is 0 Å². The summed E-state index contributed by atoms with van der Waals surface area (Å²) in [5.41, 5.74) is 6.04. The van der Waals surface area contributed by atoms with Gasteiger partial charge in [0, 0.05) is 19.1 Å². The second-order valence-electron chi connectivity index (χ2n) is 5.02. The monoisotopic (exact) mass is 182 g/mol. The van der Waals surface area contributed by atoms with Crippen molar-refractivity contribution < 1.29 is 0 Å². The van der Waals surface area contributed by atoms with Crippen LogP contribution in [-0.2, 0) is 0 Å². The van der Waals surface area contributed by atoms with Gasteiger partial charge in [0.05, 0.1) is 0 Å². The van der Waals surface area contributed by atoms with Crippen LogP contribution < -0.4 is 5.73 Å². The molecule has 2 N–H and O–H groups in total. The lowest BCUT2D eigenvalue weighted by atomic mass is 9.83. The number of likely N-dealkylation sites (tertiary alicyclic amines) is 1. The predicted molar refractivity (Wildman–Crippen MR) is 55.5 cm³/mol. The molecule has 2 rings (SSSR count). The van der Waals surface area contributed by atoms with E-state index in [1.807, 2.05) is 0 Å². The number of rotatable bonds is 1. The van der Waals surface area contributed by atoms with Gasteiger partial charge in [0.25, 0.3) is 0 Å². The molecular weight excluding hydrogens is 160 g/mol. The van der Waals surface area contributed by atoms with E-state index in [2.05, 4.69) is 11.9 Å². The summed E-state index contributed by atoms with van der Waals surface area (Å²) >= 11 is 0. The van der Waals surface area contributed by atoms with Crippen molar-refractivity contribution in [3.63, 3.8) is 0 Å². The molecular formula is C11H22N2. The highest BCUT2D eigenvalue weighted by molar-refractivity contribution is 4.85. The second kappa shape index (κ2) is 3.97. The molecule has 1 aliphatic heterocycles. The van der Waals surface area contributed by atoms with Crippen molar-refractivity contribution in [1.82, 2.24) is 4.90 Å². The minimum absolute atomic E-state index is 0.435. The molecule has 0 spiro atoms. The summed E-state index contributed by atoms with van der Waals surface area (Å²) in [6.07, 6.45) is 7.12. The number of nitrogens with two attached hydrogens (primary N) is 1. The zero-order valence-corrected chi connectivity index (χ0v) is 8.71. The van der Waals surface area contributed by atoms with Crippen LogP contribution in [0.4, 0.5) is 0 Å². The van der Waals surface area contributed by atoms with Gasteiger partial charge in [-0.25, -0.2) is 0 Å². The number of hydrogen-bond donors (Lipinski definition) is 1. The van der Waals surface area contributed by atoms with Crippen LogP contribution in [0, 0.1) is 11.8 Å². The van der Waals surface area contributed by atoms with Crippen molar-refractivity contribution in [2.75, 3.05) is 20.1 Å². The van der Waals surface area contributed by atoms with Crippen molar-refractivity contribution in [1.29, 1.82) is 0 Å². The highest BCUT2D eigenvalue weighted by atomic mass is 15.1. The van der Waals surface area contributed by atoms with E-state index in [0.29, 0.717) is 6.04 Å². The van der Waals surface area contributed by atoms with Crippen molar-refractivity contribution in [2.24, 2.45) is 17.6 Å². The Morgan fingerprint density at radius 2 is 1.77 bits per heavy atom. The molecule has 2 atom stereocenters. The van der Waals surface area contributed by atoms with Crippen LogP contribution in [-0.4, -0.2) is 31.1 Å².